The normalized spacial score (nSPS) is 14.0. The first-order valence-electron chi connectivity index (χ1n) is 6.34. The number of nitrogens with one attached hydrogen (secondary N) is 1. The highest BCUT2D eigenvalue weighted by Crippen LogP contribution is 2.38. The van der Waals surface area contributed by atoms with Gasteiger partial charge in [0.15, 0.2) is 5.15 Å². The molecule has 1 saturated carbocycles. The van der Waals surface area contributed by atoms with E-state index in [9.17, 15) is 14.9 Å². The number of carbonyl (C=O) groups is 1. The Morgan fingerprint density at radius 3 is 2.90 bits per heavy atom. The Morgan fingerprint density at radius 1 is 1.52 bits per heavy atom. The van der Waals surface area contributed by atoms with Crippen molar-refractivity contribution in [3.05, 3.63) is 51.6 Å². The molecule has 0 unspecified atom stereocenters. The molecule has 0 atom stereocenters. The molecule has 1 amide bonds. The first kappa shape index (κ1) is 13.6. The lowest BCUT2D eigenvalue weighted by molar-refractivity contribution is -0.384. The molecule has 0 spiro atoms. The molecule has 0 aromatic carbocycles. The fourth-order valence-electron chi connectivity index (χ4n) is 2.07. The molecular weight excluding hydrogens is 296 g/mol. The molecule has 108 valence electrons. The fraction of sp³-hybridized carbons (Fsp3) is 0.231. The molecular formula is C13H11ClN4O3. The maximum Gasteiger partial charge on any atom is 0.287 e. The molecule has 1 aliphatic carbocycles. The molecule has 0 bridgehead atoms. The smallest absolute Gasteiger partial charge is 0.287 e. The third kappa shape index (κ3) is 2.73. The summed E-state index contributed by atoms with van der Waals surface area (Å²) >= 11 is 5.89. The lowest BCUT2D eigenvalue weighted by Gasteiger charge is -2.08. The summed E-state index contributed by atoms with van der Waals surface area (Å²) in [4.78, 5) is 26.5. The van der Waals surface area contributed by atoms with Crippen LogP contribution in [0.4, 0.5) is 11.4 Å². The van der Waals surface area contributed by atoms with E-state index in [1.807, 2.05) is 0 Å². The lowest BCUT2D eigenvalue weighted by atomic mass is 10.3. The van der Waals surface area contributed by atoms with Crippen LogP contribution in [0.5, 0.6) is 0 Å². The zero-order valence-electron chi connectivity index (χ0n) is 10.8. The van der Waals surface area contributed by atoms with E-state index < -0.39 is 10.8 Å². The van der Waals surface area contributed by atoms with Gasteiger partial charge in [-0.1, -0.05) is 11.6 Å². The number of nitrogens with zero attached hydrogens (tertiary/aromatic N) is 3. The van der Waals surface area contributed by atoms with Crippen molar-refractivity contribution in [1.82, 2.24) is 9.55 Å². The molecule has 1 aliphatic rings. The summed E-state index contributed by atoms with van der Waals surface area (Å²) in [5, 5.41) is 13.7. The largest absolute Gasteiger partial charge is 0.334 e. The highest BCUT2D eigenvalue weighted by Gasteiger charge is 2.30. The molecule has 0 saturated heterocycles. The maximum absolute atomic E-state index is 12.3. The summed E-state index contributed by atoms with van der Waals surface area (Å²) in [6.07, 6.45) is 4.74. The second-order valence-corrected chi connectivity index (χ2v) is 5.13. The van der Waals surface area contributed by atoms with Gasteiger partial charge in [0.1, 0.15) is 5.69 Å². The van der Waals surface area contributed by atoms with Crippen molar-refractivity contribution < 1.29 is 9.72 Å². The summed E-state index contributed by atoms with van der Waals surface area (Å²) in [7, 11) is 0. The van der Waals surface area contributed by atoms with E-state index in [0.717, 1.165) is 12.8 Å². The quantitative estimate of drug-likeness (QED) is 0.534. The summed E-state index contributed by atoms with van der Waals surface area (Å²) in [5.41, 5.74) is 0.531. The summed E-state index contributed by atoms with van der Waals surface area (Å²) < 4.78 is 1.65. The number of amides is 1. The van der Waals surface area contributed by atoms with E-state index in [1.54, 1.807) is 16.7 Å². The molecule has 7 nitrogen and oxygen atoms in total. The molecule has 3 rings (SSSR count). The SMILES string of the molecule is O=C(Nc1cccnc1Cl)c1cc([N+](=O)[O-])cn1C1CC1. The van der Waals surface area contributed by atoms with Gasteiger partial charge in [-0.15, -0.1) is 0 Å². The minimum atomic E-state index is -0.507. The van der Waals surface area contributed by atoms with Gasteiger partial charge in [-0.25, -0.2) is 4.98 Å². The number of halogens is 1. The van der Waals surface area contributed by atoms with Crippen LogP contribution in [0.2, 0.25) is 5.15 Å². The average molecular weight is 307 g/mol. The van der Waals surface area contributed by atoms with Gasteiger partial charge in [0.25, 0.3) is 11.6 Å². The van der Waals surface area contributed by atoms with Gasteiger partial charge in [-0.2, -0.15) is 0 Å². The Hall–Kier alpha value is -2.41. The van der Waals surface area contributed by atoms with Gasteiger partial charge in [-0.3, -0.25) is 14.9 Å². The van der Waals surface area contributed by atoms with Crippen LogP contribution in [0.3, 0.4) is 0 Å². The molecule has 0 aliphatic heterocycles. The van der Waals surface area contributed by atoms with Crippen LogP contribution >= 0.6 is 11.6 Å². The molecule has 2 aromatic rings. The molecule has 2 aromatic heterocycles. The second-order valence-electron chi connectivity index (χ2n) is 4.77. The topological polar surface area (TPSA) is 90.1 Å². The standard InChI is InChI=1S/C13H11ClN4O3/c14-12-10(2-1-5-15-12)16-13(19)11-6-9(18(20)21)7-17(11)8-3-4-8/h1-2,5-8H,3-4H2,(H,16,19). The number of aromatic nitrogens is 2. The lowest BCUT2D eigenvalue weighted by Crippen LogP contribution is -2.16. The number of anilines is 1. The van der Waals surface area contributed by atoms with E-state index in [-0.39, 0.29) is 22.6 Å². The molecule has 1 fully saturated rings. The van der Waals surface area contributed by atoms with Crippen LogP contribution < -0.4 is 5.32 Å². The number of pyridine rings is 1. The van der Waals surface area contributed by atoms with E-state index in [1.165, 1.54) is 18.5 Å². The van der Waals surface area contributed by atoms with Crippen molar-refractivity contribution in [3.63, 3.8) is 0 Å². The van der Waals surface area contributed by atoms with Crippen LogP contribution in [-0.2, 0) is 0 Å². The van der Waals surface area contributed by atoms with Crippen LogP contribution in [0.1, 0.15) is 29.4 Å². The van der Waals surface area contributed by atoms with Gasteiger partial charge in [0.2, 0.25) is 0 Å². The molecule has 2 heterocycles. The van der Waals surface area contributed by atoms with Gasteiger partial charge in [0, 0.05) is 18.3 Å². The molecule has 0 radical (unpaired) electrons. The zero-order chi connectivity index (χ0) is 15.0. The number of hydrogen-bond donors (Lipinski definition) is 1. The number of rotatable bonds is 4. The minimum absolute atomic E-state index is 0.0932. The van der Waals surface area contributed by atoms with Gasteiger partial charge < -0.3 is 9.88 Å². The monoisotopic (exact) mass is 306 g/mol. The van der Waals surface area contributed by atoms with Crippen LogP contribution in [0.15, 0.2) is 30.6 Å². The van der Waals surface area contributed by atoms with Crippen molar-refractivity contribution in [2.24, 2.45) is 0 Å². The van der Waals surface area contributed by atoms with Crippen LogP contribution in [0, 0.1) is 10.1 Å². The van der Waals surface area contributed by atoms with Crippen molar-refractivity contribution in [2.75, 3.05) is 5.32 Å². The van der Waals surface area contributed by atoms with Crippen molar-refractivity contribution in [1.29, 1.82) is 0 Å². The minimum Gasteiger partial charge on any atom is -0.334 e. The molecule has 21 heavy (non-hydrogen) atoms. The summed E-state index contributed by atoms with van der Waals surface area (Å²) in [6, 6.07) is 4.69. The maximum atomic E-state index is 12.3. The van der Waals surface area contributed by atoms with Crippen molar-refractivity contribution in [2.45, 2.75) is 18.9 Å². The van der Waals surface area contributed by atoms with Crippen LogP contribution in [-0.4, -0.2) is 20.4 Å². The Kier molecular flexibility index (Phi) is 3.34. The van der Waals surface area contributed by atoms with E-state index in [4.69, 9.17) is 11.6 Å². The van der Waals surface area contributed by atoms with Crippen LogP contribution in [0.25, 0.3) is 0 Å². The molecule has 1 N–H and O–H groups in total. The average Bonchev–Trinajstić information content (AvgIpc) is 3.19. The van der Waals surface area contributed by atoms with E-state index >= 15 is 0 Å². The first-order valence-corrected chi connectivity index (χ1v) is 6.72. The number of nitro groups is 1. The fourth-order valence-corrected chi connectivity index (χ4v) is 2.23. The Bertz CT molecular complexity index is 724. The Balaban J connectivity index is 1.90. The van der Waals surface area contributed by atoms with Gasteiger partial charge in [0.05, 0.1) is 16.8 Å². The predicted octanol–water partition coefficient (Wildman–Crippen LogP) is 3.03. The van der Waals surface area contributed by atoms with Crippen molar-refractivity contribution >= 4 is 28.9 Å². The van der Waals surface area contributed by atoms with Gasteiger partial charge in [-0.05, 0) is 25.0 Å². The van der Waals surface area contributed by atoms with E-state index in [0.29, 0.717) is 5.69 Å². The van der Waals surface area contributed by atoms with Gasteiger partial charge >= 0.3 is 0 Å². The van der Waals surface area contributed by atoms with E-state index in [2.05, 4.69) is 10.3 Å². The molecule has 8 heteroatoms. The highest BCUT2D eigenvalue weighted by atomic mass is 35.5. The third-order valence-corrected chi connectivity index (χ3v) is 3.53. The summed E-state index contributed by atoms with van der Waals surface area (Å²) in [5.74, 6) is -0.440. The highest BCUT2D eigenvalue weighted by molar-refractivity contribution is 6.32. The zero-order valence-corrected chi connectivity index (χ0v) is 11.6. The Morgan fingerprint density at radius 2 is 2.29 bits per heavy atom. The number of hydrogen-bond acceptors (Lipinski definition) is 4. The number of carbonyl (C=O) groups excluding carboxylic acids is 1. The predicted molar refractivity (Wildman–Crippen MR) is 76.6 cm³/mol. The Labute approximate surface area is 124 Å². The second kappa shape index (κ2) is 5.17. The third-order valence-electron chi connectivity index (χ3n) is 3.23. The first-order chi connectivity index (χ1) is 10.1. The van der Waals surface area contributed by atoms with Crippen molar-refractivity contribution in [3.8, 4) is 0 Å². The summed E-state index contributed by atoms with van der Waals surface area (Å²) in [6.45, 7) is 0.